The molecule has 0 aliphatic carbocycles. The van der Waals surface area contributed by atoms with Crippen molar-refractivity contribution in [2.24, 2.45) is 0 Å². The van der Waals surface area contributed by atoms with E-state index < -0.39 is 27.8 Å². The Balaban J connectivity index is 1.52. The fraction of sp³-hybridized carbons (Fsp3) is 0.300. The van der Waals surface area contributed by atoms with E-state index in [1.807, 2.05) is 6.07 Å². The molecular formula is C20H17F3N6O3S. The summed E-state index contributed by atoms with van der Waals surface area (Å²) in [5, 5.41) is 13.0. The van der Waals surface area contributed by atoms with Gasteiger partial charge in [-0.2, -0.15) is 27.8 Å². The van der Waals surface area contributed by atoms with Crippen LogP contribution < -0.4 is 0 Å². The standard InChI is InChI=1S/C20H17F3N6O3S/c1-13-11-27(33(31,32)16-4-2-15(3-5-16)20(21,22)23)6-7-28(13)19(30)17-10-26-29-12-14(8-24)9-25-18(17)29/h2-5,9-10,12-13H,6-7,11H2,1H3. The highest BCUT2D eigenvalue weighted by atomic mass is 32.2. The van der Waals surface area contributed by atoms with Crippen LogP contribution in [0.5, 0.6) is 0 Å². The second kappa shape index (κ2) is 8.13. The number of hydrogen-bond donors (Lipinski definition) is 0. The lowest BCUT2D eigenvalue weighted by Gasteiger charge is -2.39. The Labute approximate surface area is 186 Å². The summed E-state index contributed by atoms with van der Waals surface area (Å²) >= 11 is 0. The normalized spacial score (nSPS) is 17.8. The Morgan fingerprint density at radius 1 is 1.18 bits per heavy atom. The van der Waals surface area contributed by atoms with E-state index in [4.69, 9.17) is 5.26 Å². The number of halogens is 3. The maximum absolute atomic E-state index is 13.1. The van der Waals surface area contributed by atoms with Gasteiger partial charge in [0.25, 0.3) is 5.91 Å². The highest BCUT2D eigenvalue weighted by Crippen LogP contribution is 2.30. The average molecular weight is 478 g/mol. The summed E-state index contributed by atoms with van der Waals surface area (Å²) in [4.78, 5) is 18.5. The topological polar surface area (TPSA) is 112 Å². The van der Waals surface area contributed by atoms with Crippen LogP contribution >= 0.6 is 0 Å². The molecule has 0 saturated carbocycles. The smallest absolute Gasteiger partial charge is 0.333 e. The quantitative estimate of drug-likeness (QED) is 0.570. The Morgan fingerprint density at radius 3 is 2.48 bits per heavy atom. The first-order valence-electron chi connectivity index (χ1n) is 9.74. The molecule has 3 aromatic rings. The van der Waals surface area contributed by atoms with E-state index in [1.165, 1.54) is 28.0 Å². The molecule has 33 heavy (non-hydrogen) atoms. The first-order valence-corrected chi connectivity index (χ1v) is 11.2. The summed E-state index contributed by atoms with van der Waals surface area (Å²) < 4.78 is 66.6. The number of amides is 1. The molecule has 1 unspecified atom stereocenters. The van der Waals surface area contributed by atoms with Crippen LogP contribution in [0.2, 0.25) is 0 Å². The molecule has 0 N–H and O–H groups in total. The molecule has 9 nitrogen and oxygen atoms in total. The molecule has 4 rings (SSSR count). The van der Waals surface area contributed by atoms with Crippen molar-refractivity contribution in [3.05, 3.63) is 59.5 Å². The zero-order valence-corrected chi connectivity index (χ0v) is 18.0. The van der Waals surface area contributed by atoms with E-state index in [2.05, 4.69) is 10.1 Å². The largest absolute Gasteiger partial charge is 0.416 e. The van der Waals surface area contributed by atoms with Crippen LogP contribution in [0.1, 0.15) is 28.4 Å². The van der Waals surface area contributed by atoms with Crippen molar-refractivity contribution in [1.29, 1.82) is 5.26 Å². The van der Waals surface area contributed by atoms with Crippen molar-refractivity contribution in [3.63, 3.8) is 0 Å². The van der Waals surface area contributed by atoms with Crippen LogP contribution in [-0.4, -0.2) is 63.8 Å². The number of sulfonamides is 1. The van der Waals surface area contributed by atoms with Crippen molar-refractivity contribution >= 4 is 21.6 Å². The number of carbonyl (C=O) groups is 1. The molecule has 0 radical (unpaired) electrons. The molecule has 13 heteroatoms. The van der Waals surface area contributed by atoms with Gasteiger partial charge in [0.1, 0.15) is 11.6 Å². The number of alkyl halides is 3. The van der Waals surface area contributed by atoms with E-state index >= 15 is 0 Å². The summed E-state index contributed by atoms with van der Waals surface area (Å²) in [5.74, 6) is -0.388. The van der Waals surface area contributed by atoms with E-state index in [1.54, 1.807) is 6.92 Å². The van der Waals surface area contributed by atoms with Gasteiger partial charge in [0.2, 0.25) is 10.0 Å². The average Bonchev–Trinajstić information content (AvgIpc) is 3.21. The van der Waals surface area contributed by atoms with Gasteiger partial charge in [-0.1, -0.05) is 0 Å². The summed E-state index contributed by atoms with van der Waals surface area (Å²) in [5.41, 5.74) is -0.175. The monoisotopic (exact) mass is 478 g/mol. The fourth-order valence-electron chi connectivity index (χ4n) is 3.65. The second-order valence-electron chi connectivity index (χ2n) is 7.51. The Kier molecular flexibility index (Phi) is 5.59. The number of hydrogen-bond acceptors (Lipinski definition) is 6. The van der Waals surface area contributed by atoms with Gasteiger partial charge in [-0.05, 0) is 31.2 Å². The predicted molar refractivity (Wildman–Crippen MR) is 108 cm³/mol. The van der Waals surface area contributed by atoms with Gasteiger partial charge in [0.15, 0.2) is 5.65 Å². The highest BCUT2D eigenvalue weighted by molar-refractivity contribution is 7.89. The van der Waals surface area contributed by atoms with Crippen molar-refractivity contribution in [1.82, 2.24) is 23.8 Å². The van der Waals surface area contributed by atoms with E-state index in [-0.39, 0.29) is 47.2 Å². The van der Waals surface area contributed by atoms with Crippen molar-refractivity contribution in [2.75, 3.05) is 19.6 Å². The number of nitriles is 1. The Bertz CT molecular complexity index is 1360. The molecule has 1 atom stereocenters. The highest BCUT2D eigenvalue weighted by Gasteiger charge is 2.36. The minimum Gasteiger partial charge on any atom is -0.333 e. The van der Waals surface area contributed by atoms with Gasteiger partial charge in [0.05, 0.1) is 28.4 Å². The van der Waals surface area contributed by atoms with Gasteiger partial charge >= 0.3 is 6.18 Å². The Morgan fingerprint density at radius 2 is 1.88 bits per heavy atom. The number of benzene rings is 1. The van der Waals surface area contributed by atoms with E-state index in [0.717, 1.165) is 28.6 Å². The van der Waals surface area contributed by atoms with Crippen LogP contribution in [0, 0.1) is 11.3 Å². The summed E-state index contributed by atoms with van der Waals surface area (Å²) in [6.45, 7) is 1.71. The predicted octanol–water partition coefficient (Wildman–Crippen LogP) is 2.15. The first-order chi connectivity index (χ1) is 15.5. The summed E-state index contributed by atoms with van der Waals surface area (Å²) in [6, 6.07) is 4.74. The summed E-state index contributed by atoms with van der Waals surface area (Å²) in [7, 11) is -4.03. The molecule has 1 saturated heterocycles. The minimum atomic E-state index is -4.56. The van der Waals surface area contributed by atoms with Crippen molar-refractivity contribution in [2.45, 2.75) is 24.0 Å². The third-order valence-corrected chi connectivity index (χ3v) is 7.27. The number of aromatic nitrogens is 3. The lowest BCUT2D eigenvalue weighted by molar-refractivity contribution is -0.137. The lowest BCUT2D eigenvalue weighted by Crippen LogP contribution is -2.55. The molecule has 1 amide bonds. The van der Waals surface area contributed by atoms with Crippen LogP contribution in [0.4, 0.5) is 13.2 Å². The van der Waals surface area contributed by atoms with Crippen LogP contribution in [0.3, 0.4) is 0 Å². The molecule has 0 spiro atoms. The molecular weight excluding hydrogens is 461 g/mol. The number of rotatable bonds is 3. The van der Waals surface area contributed by atoms with Crippen molar-refractivity contribution < 1.29 is 26.4 Å². The molecule has 0 bridgehead atoms. The number of fused-ring (bicyclic) bond motifs is 1. The number of carbonyl (C=O) groups excluding carboxylic acids is 1. The third kappa shape index (κ3) is 4.14. The Hall–Kier alpha value is -3.50. The third-order valence-electron chi connectivity index (χ3n) is 5.39. The van der Waals surface area contributed by atoms with Crippen LogP contribution in [0.15, 0.2) is 47.8 Å². The van der Waals surface area contributed by atoms with Gasteiger partial charge in [-0.25, -0.2) is 17.9 Å². The van der Waals surface area contributed by atoms with Crippen molar-refractivity contribution in [3.8, 4) is 6.07 Å². The molecule has 3 heterocycles. The van der Waals surface area contributed by atoms with Gasteiger partial charge < -0.3 is 4.90 Å². The van der Waals surface area contributed by atoms with Gasteiger partial charge in [0, 0.05) is 31.9 Å². The first kappa shape index (κ1) is 22.7. The lowest BCUT2D eigenvalue weighted by atomic mass is 10.2. The van der Waals surface area contributed by atoms with Crippen LogP contribution in [-0.2, 0) is 16.2 Å². The maximum Gasteiger partial charge on any atom is 0.416 e. The minimum absolute atomic E-state index is 0.0232. The number of piperazine rings is 1. The fourth-order valence-corrected chi connectivity index (χ4v) is 5.16. The molecule has 1 aliphatic heterocycles. The zero-order valence-electron chi connectivity index (χ0n) is 17.2. The molecule has 1 aliphatic rings. The van der Waals surface area contributed by atoms with Crippen LogP contribution in [0.25, 0.3) is 5.65 Å². The molecule has 1 fully saturated rings. The molecule has 2 aromatic heterocycles. The molecule has 172 valence electrons. The molecule has 1 aromatic carbocycles. The maximum atomic E-state index is 13.1. The SMILES string of the molecule is CC1CN(S(=O)(=O)c2ccc(C(F)(F)F)cc2)CCN1C(=O)c1cnn2cc(C#N)cnc12. The summed E-state index contributed by atoms with van der Waals surface area (Å²) in [6.07, 6.45) is -0.460. The van der Waals surface area contributed by atoms with Gasteiger partial charge in [-0.3, -0.25) is 4.79 Å². The second-order valence-corrected chi connectivity index (χ2v) is 9.45. The zero-order chi connectivity index (χ0) is 24.0. The van der Waals surface area contributed by atoms with E-state index in [9.17, 15) is 26.4 Å². The number of nitrogens with zero attached hydrogens (tertiary/aromatic N) is 6. The van der Waals surface area contributed by atoms with Gasteiger partial charge in [-0.15, -0.1) is 0 Å². The van der Waals surface area contributed by atoms with E-state index in [0.29, 0.717) is 0 Å².